The Hall–Kier alpha value is -0.900. The van der Waals surface area contributed by atoms with Gasteiger partial charge in [-0.1, -0.05) is 24.3 Å². The van der Waals surface area contributed by atoms with E-state index < -0.39 is 0 Å². The molecule has 1 N–H and O–H groups in total. The molecule has 2 atom stereocenters. The quantitative estimate of drug-likeness (QED) is 0.888. The number of fused-ring (bicyclic) bond motifs is 2. The Balaban J connectivity index is 1.28. The van der Waals surface area contributed by atoms with E-state index in [9.17, 15) is 0 Å². The monoisotopic (exact) mass is 340 g/mol. The highest BCUT2D eigenvalue weighted by Gasteiger charge is 2.45. The lowest BCUT2D eigenvalue weighted by atomic mass is 9.73. The molecule has 1 aromatic carbocycles. The van der Waals surface area contributed by atoms with Crippen molar-refractivity contribution in [3.63, 3.8) is 0 Å². The molecule has 136 valence electrons. The van der Waals surface area contributed by atoms with E-state index in [0.29, 0.717) is 17.4 Å². The molecular weight excluding hydrogens is 308 g/mol. The summed E-state index contributed by atoms with van der Waals surface area (Å²) in [7, 11) is 0. The molecule has 2 heterocycles. The van der Waals surface area contributed by atoms with Gasteiger partial charge in [0.15, 0.2) is 0 Å². The van der Waals surface area contributed by atoms with Gasteiger partial charge in [0.2, 0.25) is 0 Å². The SMILES string of the molecule is c1ccc2c(c1)[C@H](NC[C@@H]1CCOC1)CC21CCN(CC2CC2)CC1. The molecule has 4 aliphatic rings. The second kappa shape index (κ2) is 6.68. The maximum Gasteiger partial charge on any atom is 0.0507 e. The van der Waals surface area contributed by atoms with Crippen molar-refractivity contribution in [2.75, 3.05) is 39.4 Å². The molecule has 2 saturated heterocycles. The smallest absolute Gasteiger partial charge is 0.0507 e. The van der Waals surface area contributed by atoms with Crippen molar-refractivity contribution in [2.24, 2.45) is 11.8 Å². The van der Waals surface area contributed by atoms with Gasteiger partial charge in [-0.3, -0.25) is 0 Å². The first-order valence-corrected chi connectivity index (χ1v) is 10.5. The first-order valence-electron chi connectivity index (χ1n) is 10.5. The molecule has 1 aromatic rings. The molecule has 2 aliphatic heterocycles. The Bertz CT molecular complexity index is 598. The number of hydrogen-bond donors (Lipinski definition) is 1. The summed E-state index contributed by atoms with van der Waals surface area (Å²) in [6, 6.07) is 9.83. The Labute approximate surface area is 152 Å². The molecule has 0 aromatic heterocycles. The highest BCUT2D eigenvalue weighted by Crippen LogP contribution is 2.51. The van der Waals surface area contributed by atoms with Crippen molar-refractivity contribution in [1.29, 1.82) is 0 Å². The van der Waals surface area contributed by atoms with Crippen LogP contribution in [0.3, 0.4) is 0 Å². The van der Waals surface area contributed by atoms with E-state index in [1.165, 1.54) is 58.2 Å². The van der Waals surface area contributed by atoms with Crippen molar-refractivity contribution < 1.29 is 4.74 Å². The Morgan fingerprint density at radius 2 is 1.92 bits per heavy atom. The summed E-state index contributed by atoms with van der Waals surface area (Å²) >= 11 is 0. The zero-order valence-corrected chi connectivity index (χ0v) is 15.4. The summed E-state index contributed by atoms with van der Waals surface area (Å²) in [5, 5.41) is 3.91. The topological polar surface area (TPSA) is 24.5 Å². The van der Waals surface area contributed by atoms with Gasteiger partial charge >= 0.3 is 0 Å². The van der Waals surface area contributed by atoms with Crippen molar-refractivity contribution in [3.05, 3.63) is 35.4 Å². The number of rotatable bonds is 5. The molecule has 3 nitrogen and oxygen atoms in total. The van der Waals surface area contributed by atoms with Crippen LogP contribution in [0.15, 0.2) is 24.3 Å². The van der Waals surface area contributed by atoms with E-state index in [2.05, 4.69) is 34.5 Å². The van der Waals surface area contributed by atoms with Crippen LogP contribution in [0.1, 0.15) is 55.7 Å². The molecule has 3 fully saturated rings. The van der Waals surface area contributed by atoms with Crippen molar-refractivity contribution >= 4 is 0 Å². The molecular formula is C22H32N2O. The molecule has 0 unspecified atom stereocenters. The molecule has 5 rings (SSSR count). The van der Waals surface area contributed by atoms with Gasteiger partial charge < -0.3 is 15.0 Å². The van der Waals surface area contributed by atoms with E-state index in [4.69, 9.17) is 4.74 Å². The zero-order valence-electron chi connectivity index (χ0n) is 15.4. The van der Waals surface area contributed by atoms with E-state index in [1.54, 1.807) is 11.1 Å². The van der Waals surface area contributed by atoms with E-state index in [1.807, 2.05) is 0 Å². The maximum absolute atomic E-state index is 5.55. The molecule has 0 radical (unpaired) electrons. The number of piperidine rings is 1. The van der Waals surface area contributed by atoms with Crippen LogP contribution in [0, 0.1) is 11.8 Å². The Morgan fingerprint density at radius 3 is 2.68 bits per heavy atom. The Kier molecular flexibility index (Phi) is 4.35. The van der Waals surface area contributed by atoms with Gasteiger partial charge in [0.1, 0.15) is 0 Å². The van der Waals surface area contributed by atoms with Gasteiger partial charge in [-0.2, -0.15) is 0 Å². The fourth-order valence-corrected chi connectivity index (χ4v) is 5.43. The highest BCUT2D eigenvalue weighted by molar-refractivity contribution is 5.42. The molecule has 0 amide bonds. The highest BCUT2D eigenvalue weighted by atomic mass is 16.5. The predicted molar refractivity (Wildman–Crippen MR) is 101 cm³/mol. The van der Waals surface area contributed by atoms with Crippen LogP contribution in [-0.4, -0.2) is 44.3 Å². The van der Waals surface area contributed by atoms with Crippen LogP contribution in [0.5, 0.6) is 0 Å². The first kappa shape index (κ1) is 16.3. The summed E-state index contributed by atoms with van der Waals surface area (Å²) < 4.78 is 5.55. The average Bonchev–Trinajstić information content (AvgIpc) is 3.21. The molecule has 25 heavy (non-hydrogen) atoms. The fraction of sp³-hybridized carbons (Fsp3) is 0.727. The molecule has 0 bridgehead atoms. The Morgan fingerprint density at radius 1 is 1.08 bits per heavy atom. The fourth-order valence-electron chi connectivity index (χ4n) is 5.43. The van der Waals surface area contributed by atoms with Crippen molar-refractivity contribution in [1.82, 2.24) is 10.2 Å². The lowest BCUT2D eigenvalue weighted by Gasteiger charge is -2.40. The number of likely N-dealkylation sites (tertiary alicyclic amines) is 1. The van der Waals surface area contributed by atoms with Crippen LogP contribution >= 0.6 is 0 Å². The number of benzene rings is 1. The number of hydrogen-bond acceptors (Lipinski definition) is 3. The van der Waals surface area contributed by atoms with Gasteiger partial charge in [0, 0.05) is 25.7 Å². The first-order chi connectivity index (χ1) is 12.3. The standard InChI is InChI=1S/C22H32N2O/c1-2-4-20-19(3-1)21(23-14-18-7-12-25-16-18)13-22(20)8-10-24(11-9-22)15-17-5-6-17/h1-4,17-18,21,23H,5-16H2/t18-,21+/m0/s1. The summed E-state index contributed by atoms with van der Waals surface area (Å²) in [6.07, 6.45) is 8.17. The van der Waals surface area contributed by atoms with Gasteiger partial charge in [0.05, 0.1) is 6.61 Å². The maximum atomic E-state index is 5.55. The van der Waals surface area contributed by atoms with Crippen molar-refractivity contribution in [3.8, 4) is 0 Å². The third-order valence-electron chi connectivity index (χ3n) is 7.21. The minimum atomic E-state index is 0.431. The van der Waals surface area contributed by atoms with E-state index >= 15 is 0 Å². The second-order valence-corrected chi connectivity index (χ2v) is 9.01. The molecule has 2 aliphatic carbocycles. The minimum absolute atomic E-state index is 0.431. The number of ether oxygens (including phenoxy) is 1. The third kappa shape index (κ3) is 3.27. The van der Waals surface area contributed by atoms with Gasteiger partial charge in [-0.15, -0.1) is 0 Å². The summed E-state index contributed by atoms with van der Waals surface area (Å²) in [5.74, 6) is 1.73. The minimum Gasteiger partial charge on any atom is -0.381 e. The van der Waals surface area contributed by atoms with Gasteiger partial charge in [-0.25, -0.2) is 0 Å². The van der Waals surface area contributed by atoms with Gasteiger partial charge in [-0.05, 0) is 80.0 Å². The molecule has 3 heteroatoms. The van der Waals surface area contributed by atoms with Crippen LogP contribution < -0.4 is 5.32 Å². The number of nitrogens with one attached hydrogen (secondary N) is 1. The molecule has 1 spiro atoms. The zero-order chi connectivity index (χ0) is 16.7. The third-order valence-corrected chi connectivity index (χ3v) is 7.21. The average molecular weight is 341 g/mol. The summed E-state index contributed by atoms with van der Waals surface area (Å²) in [5.41, 5.74) is 3.67. The lowest BCUT2D eigenvalue weighted by molar-refractivity contribution is 0.147. The van der Waals surface area contributed by atoms with E-state index in [0.717, 1.165) is 25.7 Å². The molecule has 1 saturated carbocycles. The lowest BCUT2D eigenvalue weighted by Crippen LogP contribution is -2.42. The second-order valence-electron chi connectivity index (χ2n) is 9.01. The van der Waals surface area contributed by atoms with Gasteiger partial charge in [0.25, 0.3) is 0 Å². The van der Waals surface area contributed by atoms with Crippen LogP contribution in [0.25, 0.3) is 0 Å². The number of nitrogens with zero attached hydrogens (tertiary/aromatic N) is 1. The van der Waals surface area contributed by atoms with Crippen LogP contribution in [0.4, 0.5) is 0 Å². The largest absolute Gasteiger partial charge is 0.381 e. The predicted octanol–water partition coefficient (Wildman–Crippen LogP) is 3.50. The van der Waals surface area contributed by atoms with Crippen LogP contribution in [-0.2, 0) is 10.2 Å². The normalized spacial score (nSPS) is 31.5. The van der Waals surface area contributed by atoms with E-state index in [-0.39, 0.29) is 0 Å². The van der Waals surface area contributed by atoms with Crippen LogP contribution in [0.2, 0.25) is 0 Å². The van der Waals surface area contributed by atoms with Crippen molar-refractivity contribution in [2.45, 2.75) is 50.0 Å². The summed E-state index contributed by atoms with van der Waals surface area (Å²) in [4.78, 5) is 2.74. The summed E-state index contributed by atoms with van der Waals surface area (Å²) in [6.45, 7) is 6.98.